The molecule has 2 saturated heterocycles. The molecule has 4 atom stereocenters. The van der Waals surface area contributed by atoms with Crippen LogP contribution in [0.4, 0.5) is 5.69 Å². The van der Waals surface area contributed by atoms with E-state index < -0.39 is 0 Å². The topological polar surface area (TPSA) is 84.0 Å². The molecule has 0 spiro atoms. The molecule has 0 radical (unpaired) electrons. The van der Waals surface area contributed by atoms with Crippen molar-refractivity contribution >= 4 is 39.9 Å². The van der Waals surface area contributed by atoms with E-state index in [0.29, 0.717) is 29.6 Å². The molecule has 9 heteroatoms. The highest BCUT2D eigenvalue weighted by atomic mass is 35.5. The summed E-state index contributed by atoms with van der Waals surface area (Å²) in [5, 5.41) is 5.00. The van der Waals surface area contributed by atoms with Gasteiger partial charge >= 0.3 is 0 Å². The van der Waals surface area contributed by atoms with E-state index in [-0.39, 0.29) is 48.6 Å². The third-order valence-corrected chi connectivity index (χ3v) is 10.0. The zero-order valence-electron chi connectivity index (χ0n) is 26.6. The predicted molar refractivity (Wildman–Crippen MR) is 178 cm³/mol. The van der Waals surface area contributed by atoms with E-state index in [9.17, 15) is 9.59 Å². The van der Waals surface area contributed by atoms with E-state index >= 15 is 0 Å². The molecule has 3 fully saturated rings. The lowest BCUT2D eigenvalue weighted by atomic mass is 9.89. The van der Waals surface area contributed by atoms with Gasteiger partial charge in [0.15, 0.2) is 0 Å². The van der Waals surface area contributed by atoms with Crippen LogP contribution in [0.3, 0.4) is 0 Å². The van der Waals surface area contributed by atoms with Crippen molar-refractivity contribution in [2.24, 2.45) is 5.92 Å². The average molecular weight is 633 g/mol. The molecule has 8 nitrogen and oxygen atoms in total. The van der Waals surface area contributed by atoms with E-state index in [1.807, 2.05) is 41.3 Å². The molecule has 240 valence electrons. The minimum atomic E-state index is -0.331. The van der Waals surface area contributed by atoms with Gasteiger partial charge in [0.1, 0.15) is 5.69 Å². The summed E-state index contributed by atoms with van der Waals surface area (Å²) in [5.41, 5.74) is 1.63. The first-order valence-electron chi connectivity index (χ1n) is 16.5. The van der Waals surface area contributed by atoms with E-state index in [1.165, 1.54) is 12.8 Å². The molecule has 6 rings (SSSR count). The number of ether oxygens (including phenoxy) is 2. The number of hydrogen-bond donors (Lipinski definition) is 1. The van der Waals surface area contributed by atoms with Gasteiger partial charge in [-0.15, -0.1) is 0 Å². The fourth-order valence-electron chi connectivity index (χ4n) is 7.31. The van der Waals surface area contributed by atoms with Crippen molar-refractivity contribution in [1.82, 2.24) is 14.8 Å². The summed E-state index contributed by atoms with van der Waals surface area (Å²) in [6.45, 7) is 9.58. The van der Waals surface area contributed by atoms with Crippen LogP contribution in [0.5, 0.6) is 0 Å². The standard InChI is InChI=1S/C36H45ClN4O4/c1-23-8-11-30(12-9-23)44-22-29-18-28(40-19-24(2)45-25(3)20-40)21-41(29)34(42)17-26-10-13-33(32(37)16-26)39-36(43)35-31-7-5-4-6-27(31)14-15-38-35/h4-7,10,13-16,23-25,28-30H,8-9,11-12,17-22H2,1-3H3,(H,39,43)/t23-,24-,25+,28-,29-,30-/m0/s1. The van der Waals surface area contributed by atoms with Gasteiger partial charge in [-0.2, -0.15) is 0 Å². The smallest absolute Gasteiger partial charge is 0.274 e. The molecule has 3 heterocycles. The van der Waals surface area contributed by atoms with Crippen LogP contribution >= 0.6 is 11.6 Å². The van der Waals surface area contributed by atoms with Crippen LogP contribution < -0.4 is 5.32 Å². The Morgan fingerprint density at radius 2 is 1.76 bits per heavy atom. The largest absolute Gasteiger partial charge is 0.376 e. The van der Waals surface area contributed by atoms with Gasteiger partial charge in [0.25, 0.3) is 5.91 Å². The van der Waals surface area contributed by atoms with Crippen molar-refractivity contribution in [2.45, 2.75) is 89.7 Å². The lowest BCUT2D eigenvalue weighted by Crippen LogP contribution is -2.51. The van der Waals surface area contributed by atoms with E-state index in [1.54, 1.807) is 18.3 Å². The summed E-state index contributed by atoms with van der Waals surface area (Å²) in [7, 11) is 0. The van der Waals surface area contributed by atoms with Gasteiger partial charge in [0, 0.05) is 37.3 Å². The number of nitrogens with one attached hydrogen (secondary N) is 1. The highest BCUT2D eigenvalue weighted by Gasteiger charge is 2.40. The summed E-state index contributed by atoms with van der Waals surface area (Å²) in [5.74, 6) is 0.513. The first-order chi connectivity index (χ1) is 21.7. The van der Waals surface area contributed by atoms with E-state index in [0.717, 1.165) is 54.6 Å². The van der Waals surface area contributed by atoms with Gasteiger partial charge in [0.05, 0.1) is 48.1 Å². The second kappa shape index (κ2) is 14.2. The molecule has 3 aliphatic rings. The summed E-state index contributed by atoms with van der Waals surface area (Å²) >= 11 is 6.65. The molecule has 1 N–H and O–H groups in total. The molecule has 0 unspecified atom stereocenters. The minimum Gasteiger partial charge on any atom is -0.376 e. The number of carbonyl (C=O) groups is 2. The Bertz CT molecular complexity index is 1490. The highest BCUT2D eigenvalue weighted by molar-refractivity contribution is 6.34. The number of pyridine rings is 1. The van der Waals surface area contributed by atoms with Crippen LogP contribution in [0, 0.1) is 5.92 Å². The lowest BCUT2D eigenvalue weighted by Gasteiger charge is -2.38. The predicted octanol–water partition coefficient (Wildman–Crippen LogP) is 6.36. The van der Waals surface area contributed by atoms with Crippen molar-refractivity contribution in [3.63, 3.8) is 0 Å². The van der Waals surface area contributed by atoms with Crippen LogP contribution in [-0.4, -0.2) is 83.2 Å². The number of aromatic nitrogens is 1. The molecule has 3 aromatic rings. The van der Waals surface area contributed by atoms with Crippen molar-refractivity contribution < 1.29 is 19.1 Å². The van der Waals surface area contributed by atoms with E-state index in [2.05, 4.69) is 36.0 Å². The first kappa shape index (κ1) is 31.9. The van der Waals surface area contributed by atoms with Crippen molar-refractivity contribution in [3.05, 3.63) is 71.0 Å². The molecule has 1 saturated carbocycles. The fraction of sp³-hybridized carbons (Fsp3) is 0.528. The van der Waals surface area contributed by atoms with E-state index in [4.69, 9.17) is 21.1 Å². The molecule has 45 heavy (non-hydrogen) atoms. The molecule has 2 aromatic carbocycles. The summed E-state index contributed by atoms with van der Waals surface area (Å²) in [6.07, 6.45) is 8.02. The number of likely N-dealkylation sites (tertiary alicyclic amines) is 1. The third-order valence-electron chi connectivity index (χ3n) is 9.69. The van der Waals surface area contributed by atoms with Crippen LogP contribution in [-0.2, 0) is 20.7 Å². The molecule has 2 amide bonds. The number of benzene rings is 2. The van der Waals surface area contributed by atoms with Gasteiger partial charge < -0.3 is 19.7 Å². The Labute approximate surface area is 271 Å². The number of rotatable bonds is 8. The zero-order chi connectivity index (χ0) is 31.5. The van der Waals surface area contributed by atoms with Crippen molar-refractivity contribution in [1.29, 1.82) is 0 Å². The normalized spacial score (nSPS) is 27.5. The zero-order valence-corrected chi connectivity index (χ0v) is 27.3. The number of carbonyl (C=O) groups excluding carboxylic acids is 2. The third kappa shape index (κ3) is 7.68. The van der Waals surface area contributed by atoms with Gasteiger partial charge in [-0.05, 0) is 81.0 Å². The number of fused-ring (bicyclic) bond motifs is 1. The molecular weight excluding hydrogens is 588 g/mol. The molecule has 1 aromatic heterocycles. The number of hydrogen-bond acceptors (Lipinski definition) is 6. The monoisotopic (exact) mass is 632 g/mol. The second-order valence-electron chi connectivity index (χ2n) is 13.3. The maximum Gasteiger partial charge on any atom is 0.274 e. The summed E-state index contributed by atoms with van der Waals surface area (Å²) in [6, 6.07) is 15.3. The molecule has 1 aliphatic carbocycles. The maximum absolute atomic E-state index is 13.9. The van der Waals surface area contributed by atoms with Gasteiger partial charge in [0.2, 0.25) is 5.91 Å². The summed E-state index contributed by atoms with van der Waals surface area (Å²) < 4.78 is 12.4. The van der Waals surface area contributed by atoms with Crippen LogP contribution in [0.2, 0.25) is 5.02 Å². The fourth-order valence-corrected chi connectivity index (χ4v) is 7.56. The Balaban J connectivity index is 1.12. The number of morpholine rings is 1. The Morgan fingerprint density at radius 1 is 1.00 bits per heavy atom. The number of nitrogens with zero attached hydrogens (tertiary/aromatic N) is 3. The Morgan fingerprint density at radius 3 is 2.51 bits per heavy atom. The highest BCUT2D eigenvalue weighted by Crippen LogP contribution is 2.31. The van der Waals surface area contributed by atoms with Crippen LogP contribution in [0.25, 0.3) is 10.8 Å². The number of anilines is 1. The second-order valence-corrected chi connectivity index (χ2v) is 13.7. The van der Waals surface area contributed by atoms with Gasteiger partial charge in [-0.25, -0.2) is 0 Å². The Hall–Kier alpha value is -3.04. The quantitative estimate of drug-likeness (QED) is 0.311. The summed E-state index contributed by atoms with van der Waals surface area (Å²) in [4.78, 5) is 35.8. The number of halogens is 1. The molecular formula is C36H45ClN4O4. The van der Waals surface area contributed by atoms with Crippen molar-refractivity contribution in [2.75, 3.05) is 31.6 Å². The number of amides is 2. The van der Waals surface area contributed by atoms with Crippen LogP contribution in [0.15, 0.2) is 54.7 Å². The van der Waals surface area contributed by atoms with Crippen molar-refractivity contribution in [3.8, 4) is 0 Å². The molecule has 2 aliphatic heterocycles. The van der Waals surface area contributed by atoms with Crippen LogP contribution in [0.1, 0.15) is 68.9 Å². The minimum absolute atomic E-state index is 0.0394. The van der Waals surface area contributed by atoms with Gasteiger partial charge in [-0.1, -0.05) is 48.9 Å². The SMILES string of the molecule is C[C@@H]1CN([C@H]2C[C@@H](CO[C@H]3CC[C@H](C)CC3)N(C(=O)Cc3ccc(NC(=O)c4nccc5ccccc45)c(Cl)c3)C2)C[C@H](C)O1. The Kier molecular flexibility index (Phi) is 10.0. The lowest BCUT2D eigenvalue weighted by molar-refractivity contribution is -0.133. The van der Waals surface area contributed by atoms with Gasteiger partial charge in [-0.3, -0.25) is 19.5 Å². The first-order valence-corrected chi connectivity index (χ1v) is 16.9. The maximum atomic E-state index is 13.9. The average Bonchev–Trinajstić information content (AvgIpc) is 3.46. The molecule has 0 bridgehead atoms.